The molecule has 0 aliphatic heterocycles. The quantitative estimate of drug-likeness (QED) is 0.848. The SMILES string of the molecule is CCNC(C)CC(=O)Nc1ccc(-c2ccccc2)cc1. The van der Waals surface area contributed by atoms with E-state index < -0.39 is 0 Å². The van der Waals surface area contributed by atoms with Gasteiger partial charge in [-0.3, -0.25) is 4.79 Å². The molecule has 0 spiro atoms. The lowest BCUT2D eigenvalue weighted by Crippen LogP contribution is -2.30. The second kappa shape index (κ2) is 7.60. The fourth-order valence-corrected chi connectivity index (χ4v) is 2.29. The molecule has 0 saturated carbocycles. The van der Waals surface area contributed by atoms with E-state index in [4.69, 9.17) is 0 Å². The van der Waals surface area contributed by atoms with E-state index in [9.17, 15) is 4.79 Å². The Kier molecular flexibility index (Phi) is 5.52. The Labute approximate surface area is 126 Å². The van der Waals surface area contributed by atoms with Gasteiger partial charge in [-0.25, -0.2) is 0 Å². The van der Waals surface area contributed by atoms with E-state index in [2.05, 4.69) is 22.8 Å². The van der Waals surface area contributed by atoms with E-state index in [1.165, 1.54) is 5.56 Å². The van der Waals surface area contributed by atoms with Crippen molar-refractivity contribution in [1.29, 1.82) is 0 Å². The van der Waals surface area contributed by atoms with Crippen molar-refractivity contribution in [1.82, 2.24) is 5.32 Å². The minimum Gasteiger partial charge on any atom is -0.326 e. The minimum absolute atomic E-state index is 0.0379. The van der Waals surface area contributed by atoms with E-state index in [1.807, 2.05) is 56.3 Å². The molecular formula is C18H22N2O. The first-order valence-corrected chi connectivity index (χ1v) is 7.37. The molecule has 0 aromatic heterocycles. The van der Waals surface area contributed by atoms with Crippen LogP contribution >= 0.6 is 0 Å². The predicted molar refractivity (Wildman–Crippen MR) is 88.3 cm³/mol. The number of amides is 1. The molecule has 2 rings (SSSR count). The number of anilines is 1. The van der Waals surface area contributed by atoms with E-state index >= 15 is 0 Å². The van der Waals surface area contributed by atoms with Crippen molar-refractivity contribution in [3.63, 3.8) is 0 Å². The molecule has 2 aromatic rings. The molecule has 1 amide bonds. The largest absolute Gasteiger partial charge is 0.326 e. The molecule has 0 fully saturated rings. The van der Waals surface area contributed by atoms with Gasteiger partial charge in [0, 0.05) is 18.2 Å². The van der Waals surface area contributed by atoms with Crippen molar-refractivity contribution in [2.45, 2.75) is 26.3 Å². The zero-order chi connectivity index (χ0) is 15.1. The summed E-state index contributed by atoms with van der Waals surface area (Å²) >= 11 is 0. The van der Waals surface area contributed by atoms with E-state index in [0.29, 0.717) is 6.42 Å². The molecule has 0 bridgehead atoms. The van der Waals surface area contributed by atoms with Crippen LogP contribution in [-0.2, 0) is 4.79 Å². The lowest BCUT2D eigenvalue weighted by atomic mass is 10.1. The Morgan fingerprint density at radius 3 is 2.24 bits per heavy atom. The van der Waals surface area contributed by atoms with Crippen molar-refractivity contribution in [3.8, 4) is 11.1 Å². The van der Waals surface area contributed by atoms with Crippen molar-refractivity contribution < 1.29 is 4.79 Å². The maximum atomic E-state index is 11.9. The van der Waals surface area contributed by atoms with Gasteiger partial charge in [0.05, 0.1) is 0 Å². The maximum absolute atomic E-state index is 11.9. The van der Waals surface area contributed by atoms with Crippen LogP contribution in [-0.4, -0.2) is 18.5 Å². The summed E-state index contributed by atoms with van der Waals surface area (Å²) < 4.78 is 0. The summed E-state index contributed by atoms with van der Waals surface area (Å²) in [6.07, 6.45) is 0.480. The van der Waals surface area contributed by atoms with Gasteiger partial charge in [-0.2, -0.15) is 0 Å². The number of carbonyl (C=O) groups is 1. The molecule has 0 aliphatic carbocycles. The van der Waals surface area contributed by atoms with Crippen LogP contribution in [0.2, 0.25) is 0 Å². The fourth-order valence-electron chi connectivity index (χ4n) is 2.29. The Bertz CT molecular complexity index is 564. The molecule has 2 aromatic carbocycles. The zero-order valence-electron chi connectivity index (χ0n) is 12.6. The number of hydrogen-bond acceptors (Lipinski definition) is 2. The van der Waals surface area contributed by atoms with E-state index in [0.717, 1.165) is 17.8 Å². The smallest absolute Gasteiger partial charge is 0.225 e. The van der Waals surface area contributed by atoms with Gasteiger partial charge in [-0.05, 0) is 36.7 Å². The Balaban J connectivity index is 1.95. The van der Waals surface area contributed by atoms with Crippen LogP contribution in [0.4, 0.5) is 5.69 Å². The Hall–Kier alpha value is -2.13. The van der Waals surface area contributed by atoms with Crippen LogP contribution in [0.5, 0.6) is 0 Å². The first-order chi connectivity index (χ1) is 10.2. The molecule has 21 heavy (non-hydrogen) atoms. The molecule has 2 N–H and O–H groups in total. The molecule has 110 valence electrons. The predicted octanol–water partition coefficient (Wildman–Crippen LogP) is 3.68. The van der Waals surface area contributed by atoms with Crippen molar-refractivity contribution in [2.75, 3.05) is 11.9 Å². The molecule has 1 unspecified atom stereocenters. The maximum Gasteiger partial charge on any atom is 0.225 e. The highest BCUT2D eigenvalue weighted by molar-refractivity contribution is 5.91. The average Bonchev–Trinajstić information content (AvgIpc) is 2.49. The van der Waals surface area contributed by atoms with Gasteiger partial charge in [-0.1, -0.05) is 49.4 Å². The summed E-state index contributed by atoms with van der Waals surface area (Å²) in [5.41, 5.74) is 3.16. The lowest BCUT2D eigenvalue weighted by molar-refractivity contribution is -0.116. The van der Waals surface area contributed by atoms with Gasteiger partial charge in [0.15, 0.2) is 0 Å². The molecule has 0 aliphatic rings. The molecule has 0 heterocycles. The summed E-state index contributed by atoms with van der Waals surface area (Å²) in [4.78, 5) is 11.9. The Morgan fingerprint density at radius 1 is 1.00 bits per heavy atom. The number of hydrogen-bond donors (Lipinski definition) is 2. The molecule has 3 heteroatoms. The highest BCUT2D eigenvalue weighted by Gasteiger charge is 2.08. The van der Waals surface area contributed by atoms with Crippen LogP contribution in [0.25, 0.3) is 11.1 Å². The van der Waals surface area contributed by atoms with Crippen LogP contribution in [0.3, 0.4) is 0 Å². The van der Waals surface area contributed by atoms with Crippen LogP contribution < -0.4 is 10.6 Å². The average molecular weight is 282 g/mol. The van der Waals surface area contributed by atoms with Crippen LogP contribution in [0, 0.1) is 0 Å². The van der Waals surface area contributed by atoms with Crippen LogP contribution in [0.15, 0.2) is 54.6 Å². The highest BCUT2D eigenvalue weighted by Crippen LogP contribution is 2.21. The van der Waals surface area contributed by atoms with Crippen LogP contribution in [0.1, 0.15) is 20.3 Å². The highest BCUT2D eigenvalue weighted by atomic mass is 16.1. The van der Waals surface area contributed by atoms with Crippen molar-refractivity contribution in [3.05, 3.63) is 54.6 Å². The standard InChI is InChI=1S/C18H22N2O/c1-3-19-14(2)13-18(21)20-17-11-9-16(10-12-17)15-7-5-4-6-8-15/h4-12,14,19H,3,13H2,1-2H3,(H,20,21). The zero-order valence-corrected chi connectivity index (χ0v) is 12.6. The number of benzene rings is 2. The van der Waals surface area contributed by atoms with Crippen molar-refractivity contribution in [2.24, 2.45) is 0 Å². The second-order valence-electron chi connectivity index (χ2n) is 5.15. The van der Waals surface area contributed by atoms with Gasteiger partial charge < -0.3 is 10.6 Å². The number of rotatable bonds is 6. The van der Waals surface area contributed by atoms with Gasteiger partial charge >= 0.3 is 0 Å². The van der Waals surface area contributed by atoms with Gasteiger partial charge in [-0.15, -0.1) is 0 Å². The normalized spacial score (nSPS) is 11.9. The summed E-state index contributed by atoms with van der Waals surface area (Å²) in [6, 6.07) is 18.3. The third-order valence-corrected chi connectivity index (χ3v) is 3.32. The molecule has 3 nitrogen and oxygen atoms in total. The first kappa shape index (κ1) is 15.3. The molecule has 0 radical (unpaired) electrons. The first-order valence-electron chi connectivity index (χ1n) is 7.37. The third-order valence-electron chi connectivity index (χ3n) is 3.32. The fraction of sp³-hybridized carbons (Fsp3) is 0.278. The monoisotopic (exact) mass is 282 g/mol. The summed E-state index contributed by atoms with van der Waals surface area (Å²) in [5, 5.41) is 6.16. The summed E-state index contributed by atoms with van der Waals surface area (Å²) in [7, 11) is 0. The molecular weight excluding hydrogens is 260 g/mol. The lowest BCUT2D eigenvalue weighted by Gasteiger charge is -2.12. The number of carbonyl (C=O) groups excluding carboxylic acids is 1. The number of nitrogens with one attached hydrogen (secondary N) is 2. The molecule has 0 saturated heterocycles. The summed E-state index contributed by atoms with van der Waals surface area (Å²) in [5.74, 6) is 0.0379. The summed E-state index contributed by atoms with van der Waals surface area (Å²) in [6.45, 7) is 4.93. The third kappa shape index (κ3) is 4.72. The van der Waals surface area contributed by atoms with E-state index in [1.54, 1.807) is 0 Å². The van der Waals surface area contributed by atoms with Crippen molar-refractivity contribution >= 4 is 11.6 Å². The second-order valence-corrected chi connectivity index (χ2v) is 5.15. The van der Waals surface area contributed by atoms with Gasteiger partial charge in [0.1, 0.15) is 0 Å². The van der Waals surface area contributed by atoms with E-state index in [-0.39, 0.29) is 11.9 Å². The minimum atomic E-state index is 0.0379. The Morgan fingerprint density at radius 2 is 1.62 bits per heavy atom. The molecule has 1 atom stereocenters. The van der Waals surface area contributed by atoms with Gasteiger partial charge in [0.25, 0.3) is 0 Å². The topological polar surface area (TPSA) is 41.1 Å². The van der Waals surface area contributed by atoms with Gasteiger partial charge in [0.2, 0.25) is 5.91 Å².